The van der Waals surface area contributed by atoms with Crippen molar-refractivity contribution in [2.24, 2.45) is 5.10 Å². The molecule has 4 rings (SSSR count). The standard InChI is InChI=1S/C26H23F3N4O/c1-18-7-2-3-8-19(18)16-33-17-20(23-11-4-5-12-24(23)33)14-31-32-25(34)15-30-22-10-6-9-21(13-22)26(27,28)29/h2-14,17,30H,15-16H2,1H3,(H,32,34)/b31-14-. The molecule has 174 valence electrons. The number of hydrogen-bond acceptors (Lipinski definition) is 3. The second-order valence-electron chi connectivity index (χ2n) is 7.88. The Balaban J connectivity index is 1.42. The van der Waals surface area contributed by atoms with E-state index >= 15 is 0 Å². The van der Waals surface area contributed by atoms with Crippen molar-refractivity contribution in [3.63, 3.8) is 0 Å². The molecule has 2 N–H and O–H groups in total. The lowest BCUT2D eigenvalue weighted by Gasteiger charge is -2.09. The third kappa shape index (κ3) is 5.46. The molecule has 1 aromatic heterocycles. The van der Waals surface area contributed by atoms with E-state index in [0.29, 0.717) is 6.54 Å². The summed E-state index contributed by atoms with van der Waals surface area (Å²) in [6.07, 6.45) is -0.894. The van der Waals surface area contributed by atoms with E-state index in [9.17, 15) is 18.0 Å². The van der Waals surface area contributed by atoms with Crippen molar-refractivity contribution in [3.05, 3.63) is 101 Å². The fourth-order valence-electron chi connectivity index (χ4n) is 3.68. The molecule has 1 amide bonds. The van der Waals surface area contributed by atoms with Crippen LogP contribution in [0.15, 0.2) is 84.1 Å². The summed E-state index contributed by atoms with van der Waals surface area (Å²) in [5.41, 5.74) is 6.14. The zero-order chi connectivity index (χ0) is 24.1. The first kappa shape index (κ1) is 23.1. The number of nitrogens with one attached hydrogen (secondary N) is 2. The lowest BCUT2D eigenvalue weighted by Crippen LogP contribution is -2.26. The number of carbonyl (C=O) groups excluding carboxylic acids is 1. The average molecular weight is 464 g/mol. The Labute approximate surface area is 194 Å². The van der Waals surface area contributed by atoms with Gasteiger partial charge in [0, 0.05) is 34.9 Å². The Morgan fingerprint density at radius 1 is 1.03 bits per heavy atom. The molecular weight excluding hydrogens is 441 g/mol. The van der Waals surface area contributed by atoms with Crippen molar-refractivity contribution in [2.45, 2.75) is 19.6 Å². The third-order valence-corrected chi connectivity index (χ3v) is 5.46. The zero-order valence-electron chi connectivity index (χ0n) is 18.4. The Bertz CT molecular complexity index is 1340. The number of hydrogen-bond donors (Lipinski definition) is 2. The SMILES string of the molecule is Cc1ccccc1Cn1cc(/C=N\NC(=O)CNc2cccc(C(F)(F)F)c2)c2ccccc21. The number of aromatic nitrogens is 1. The highest BCUT2D eigenvalue weighted by molar-refractivity contribution is 5.99. The maximum Gasteiger partial charge on any atom is 0.416 e. The lowest BCUT2D eigenvalue weighted by molar-refractivity contribution is -0.137. The normalized spacial score (nSPS) is 11.8. The van der Waals surface area contributed by atoms with Crippen LogP contribution in [0, 0.1) is 6.92 Å². The van der Waals surface area contributed by atoms with Crippen LogP contribution >= 0.6 is 0 Å². The van der Waals surface area contributed by atoms with Gasteiger partial charge >= 0.3 is 6.18 Å². The molecule has 0 aliphatic rings. The first-order chi connectivity index (χ1) is 16.3. The largest absolute Gasteiger partial charge is 0.416 e. The predicted molar refractivity (Wildman–Crippen MR) is 128 cm³/mol. The molecule has 0 unspecified atom stereocenters. The fraction of sp³-hybridized carbons (Fsp3) is 0.154. The number of halogens is 3. The van der Waals surface area contributed by atoms with E-state index in [0.717, 1.165) is 28.6 Å². The summed E-state index contributed by atoms with van der Waals surface area (Å²) < 4.78 is 40.6. The van der Waals surface area contributed by atoms with Gasteiger partial charge in [0.05, 0.1) is 18.3 Å². The van der Waals surface area contributed by atoms with Gasteiger partial charge in [0.25, 0.3) is 5.91 Å². The van der Waals surface area contributed by atoms with Crippen molar-refractivity contribution in [2.75, 3.05) is 11.9 Å². The monoisotopic (exact) mass is 464 g/mol. The van der Waals surface area contributed by atoms with E-state index in [1.165, 1.54) is 23.3 Å². The molecule has 4 aromatic rings. The Morgan fingerprint density at radius 3 is 2.59 bits per heavy atom. The van der Waals surface area contributed by atoms with Gasteiger partial charge in [-0.3, -0.25) is 4.79 Å². The maximum absolute atomic E-state index is 12.8. The molecule has 3 aromatic carbocycles. The van der Waals surface area contributed by atoms with Crippen LogP contribution < -0.4 is 10.7 Å². The van der Waals surface area contributed by atoms with Gasteiger partial charge < -0.3 is 9.88 Å². The third-order valence-electron chi connectivity index (χ3n) is 5.46. The lowest BCUT2D eigenvalue weighted by atomic mass is 10.1. The molecular formula is C26H23F3N4O. The maximum atomic E-state index is 12.8. The summed E-state index contributed by atoms with van der Waals surface area (Å²) in [5, 5.41) is 7.72. The first-order valence-corrected chi connectivity index (χ1v) is 10.7. The van der Waals surface area contributed by atoms with E-state index in [1.807, 2.05) is 42.6 Å². The first-order valence-electron chi connectivity index (χ1n) is 10.7. The van der Waals surface area contributed by atoms with E-state index in [1.54, 1.807) is 6.21 Å². The number of fused-ring (bicyclic) bond motifs is 1. The van der Waals surface area contributed by atoms with Crippen LogP contribution in [0.2, 0.25) is 0 Å². The minimum Gasteiger partial charge on any atom is -0.376 e. The van der Waals surface area contributed by atoms with E-state index in [-0.39, 0.29) is 12.2 Å². The molecule has 1 heterocycles. The number of benzene rings is 3. The van der Waals surface area contributed by atoms with Gasteiger partial charge in [-0.1, -0.05) is 48.5 Å². The van der Waals surface area contributed by atoms with Gasteiger partial charge in [-0.25, -0.2) is 5.43 Å². The summed E-state index contributed by atoms with van der Waals surface area (Å²) in [4.78, 5) is 12.1. The summed E-state index contributed by atoms with van der Waals surface area (Å²) in [5.74, 6) is -0.475. The minimum atomic E-state index is -4.44. The highest BCUT2D eigenvalue weighted by Gasteiger charge is 2.30. The molecule has 0 bridgehead atoms. The average Bonchev–Trinajstić information content (AvgIpc) is 3.16. The summed E-state index contributed by atoms with van der Waals surface area (Å²) in [6.45, 7) is 2.56. The molecule has 0 aliphatic heterocycles. The Kier molecular flexibility index (Phi) is 6.67. The predicted octanol–water partition coefficient (Wildman–Crippen LogP) is 5.58. The summed E-state index contributed by atoms with van der Waals surface area (Å²) in [6, 6.07) is 20.8. The van der Waals surface area contributed by atoms with E-state index in [4.69, 9.17) is 0 Å². The van der Waals surface area contributed by atoms with Crippen LogP contribution in [0.1, 0.15) is 22.3 Å². The van der Waals surface area contributed by atoms with E-state index in [2.05, 4.69) is 39.5 Å². The molecule has 0 spiro atoms. The molecule has 0 saturated heterocycles. The van der Waals surface area contributed by atoms with Crippen molar-refractivity contribution in [1.82, 2.24) is 9.99 Å². The van der Waals surface area contributed by atoms with Crippen molar-refractivity contribution in [3.8, 4) is 0 Å². The second kappa shape index (κ2) is 9.82. The van der Waals surface area contributed by atoms with Crippen molar-refractivity contribution >= 4 is 28.7 Å². The van der Waals surface area contributed by atoms with Crippen LogP contribution in [0.5, 0.6) is 0 Å². The van der Waals surface area contributed by atoms with Gasteiger partial charge in [0.2, 0.25) is 0 Å². The Morgan fingerprint density at radius 2 is 1.79 bits per heavy atom. The number of amides is 1. The van der Waals surface area contributed by atoms with Crippen LogP contribution in [0.4, 0.5) is 18.9 Å². The topological polar surface area (TPSA) is 58.4 Å². The number of aryl methyl sites for hydroxylation is 1. The van der Waals surface area contributed by atoms with Gasteiger partial charge in [-0.15, -0.1) is 0 Å². The summed E-state index contributed by atoms with van der Waals surface area (Å²) >= 11 is 0. The molecule has 0 saturated carbocycles. The smallest absolute Gasteiger partial charge is 0.376 e. The summed E-state index contributed by atoms with van der Waals surface area (Å²) in [7, 11) is 0. The molecule has 0 aliphatic carbocycles. The molecule has 34 heavy (non-hydrogen) atoms. The number of alkyl halides is 3. The van der Waals surface area contributed by atoms with E-state index < -0.39 is 17.6 Å². The van der Waals surface area contributed by atoms with Crippen LogP contribution in [-0.2, 0) is 17.5 Å². The number of hydrazone groups is 1. The van der Waals surface area contributed by atoms with Gasteiger partial charge in [0.1, 0.15) is 0 Å². The van der Waals surface area contributed by atoms with Crippen molar-refractivity contribution in [1.29, 1.82) is 0 Å². The minimum absolute atomic E-state index is 0.202. The number of nitrogens with zero attached hydrogens (tertiary/aromatic N) is 2. The number of rotatable bonds is 7. The van der Waals surface area contributed by atoms with Crippen molar-refractivity contribution < 1.29 is 18.0 Å². The molecule has 8 heteroatoms. The van der Waals surface area contributed by atoms with Crippen LogP contribution in [0.25, 0.3) is 10.9 Å². The van der Waals surface area contributed by atoms with Gasteiger partial charge in [-0.2, -0.15) is 18.3 Å². The molecule has 0 fully saturated rings. The number of para-hydroxylation sites is 1. The molecule has 5 nitrogen and oxygen atoms in total. The Hall–Kier alpha value is -4.07. The van der Waals surface area contributed by atoms with Crippen LogP contribution in [0.3, 0.4) is 0 Å². The van der Waals surface area contributed by atoms with Gasteiger partial charge in [-0.05, 0) is 42.3 Å². The fourth-order valence-corrected chi connectivity index (χ4v) is 3.68. The zero-order valence-corrected chi connectivity index (χ0v) is 18.4. The highest BCUT2D eigenvalue weighted by atomic mass is 19.4. The highest BCUT2D eigenvalue weighted by Crippen LogP contribution is 2.30. The number of carbonyl (C=O) groups is 1. The van der Waals surface area contributed by atoms with Gasteiger partial charge in [0.15, 0.2) is 0 Å². The number of anilines is 1. The van der Waals surface area contributed by atoms with Crippen LogP contribution in [-0.4, -0.2) is 23.2 Å². The second-order valence-corrected chi connectivity index (χ2v) is 7.88. The molecule has 0 atom stereocenters. The molecule has 0 radical (unpaired) electrons. The quantitative estimate of drug-likeness (QED) is 0.277.